The Balaban J connectivity index is 4.51. The van der Waals surface area contributed by atoms with Gasteiger partial charge in [-0.05, 0) is 40.8 Å². The van der Waals surface area contributed by atoms with Crippen molar-refractivity contribution < 1.29 is 0 Å². The molecule has 0 saturated carbocycles. The van der Waals surface area contributed by atoms with Gasteiger partial charge in [0.25, 0.3) is 0 Å². The highest BCUT2D eigenvalue weighted by molar-refractivity contribution is 5.06. The third-order valence-corrected chi connectivity index (χ3v) is 3.27. The summed E-state index contributed by atoms with van der Waals surface area (Å²) in [4.78, 5) is 2.25. The highest BCUT2D eigenvalue weighted by Gasteiger charge is 2.30. The molecule has 0 aliphatic carbocycles. The molecule has 3 heteroatoms. The zero-order chi connectivity index (χ0) is 12.1. The van der Waals surface area contributed by atoms with E-state index < -0.39 is 5.54 Å². The molecule has 15 heavy (non-hydrogen) atoms. The van der Waals surface area contributed by atoms with E-state index in [1.807, 2.05) is 13.8 Å². The Morgan fingerprint density at radius 3 is 2.13 bits per heavy atom. The average molecular weight is 211 g/mol. The molecule has 3 nitrogen and oxygen atoms in total. The molecule has 1 N–H and O–H groups in total. The molecule has 0 spiro atoms. The van der Waals surface area contributed by atoms with E-state index in [-0.39, 0.29) is 5.54 Å². The van der Waals surface area contributed by atoms with Crippen LogP contribution < -0.4 is 5.32 Å². The van der Waals surface area contributed by atoms with Crippen molar-refractivity contribution in [1.82, 2.24) is 10.2 Å². The molecule has 1 atom stereocenters. The molecule has 0 aromatic carbocycles. The summed E-state index contributed by atoms with van der Waals surface area (Å²) in [5.41, 5.74) is -0.302. The highest BCUT2D eigenvalue weighted by atomic mass is 15.2. The van der Waals surface area contributed by atoms with Gasteiger partial charge in [-0.3, -0.25) is 10.2 Å². The number of nitrogens with zero attached hydrogens (tertiary/aromatic N) is 2. The number of hydrogen-bond donors (Lipinski definition) is 1. The third-order valence-electron chi connectivity index (χ3n) is 3.27. The SMILES string of the molecule is CCNC(C)(C#N)CN(C)C(C)(C)CC. The lowest BCUT2D eigenvalue weighted by Crippen LogP contribution is -2.54. The van der Waals surface area contributed by atoms with E-state index in [0.717, 1.165) is 19.5 Å². The van der Waals surface area contributed by atoms with Crippen molar-refractivity contribution >= 4 is 0 Å². The van der Waals surface area contributed by atoms with Gasteiger partial charge < -0.3 is 0 Å². The molecule has 0 fully saturated rings. The Kier molecular flexibility index (Phi) is 5.27. The van der Waals surface area contributed by atoms with Crippen molar-refractivity contribution in [2.75, 3.05) is 20.1 Å². The maximum atomic E-state index is 9.16. The molecule has 0 bridgehead atoms. The number of nitrogens with one attached hydrogen (secondary N) is 1. The van der Waals surface area contributed by atoms with Gasteiger partial charge in [-0.1, -0.05) is 13.8 Å². The fourth-order valence-corrected chi connectivity index (χ4v) is 1.48. The van der Waals surface area contributed by atoms with Crippen molar-refractivity contribution in [3.05, 3.63) is 0 Å². The summed E-state index contributed by atoms with van der Waals surface area (Å²) in [5.74, 6) is 0. The van der Waals surface area contributed by atoms with E-state index in [4.69, 9.17) is 5.26 Å². The average Bonchev–Trinajstić information content (AvgIpc) is 2.18. The summed E-state index contributed by atoms with van der Waals surface area (Å²) in [6.45, 7) is 12.1. The zero-order valence-electron chi connectivity index (χ0n) is 11.0. The summed E-state index contributed by atoms with van der Waals surface area (Å²) in [5, 5.41) is 12.4. The lowest BCUT2D eigenvalue weighted by molar-refractivity contribution is 0.124. The van der Waals surface area contributed by atoms with E-state index in [1.54, 1.807) is 0 Å². The third kappa shape index (κ3) is 4.19. The van der Waals surface area contributed by atoms with Gasteiger partial charge >= 0.3 is 0 Å². The van der Waals surface area contributed by atoms with E-state index in [1.165, 1.54) is 0 Å². The zero-order valence-corrected chi connectivity index (χ0v) is 11.0. The van der Waals surface area contributed by atoms with Crippen LogP contribution in [0.1, 0.15) is 41.0 Å². The van der Waals surface area contributed by atoms with Crippen LogP contribution in [0.3, 0.4) is 0 Å². The Morgan fingerprint density at radius 1 is 1.27 bits per heavy atom. The van der Waals surface area contributed by atoms with Crippen LogP contribution in [0.2, 0.25) is 0 Å². The van der Waals surface area contributed by atoms with Crippen molar-refractivity contribution in [3.63, 3.8) is 0 Å². The first-order valence-corrected chi connectivity index (χ1v) is 5.69. The minimum Gasteiger partial charge on any atom is -0.299 e. The topological polar surface area (TPSA) is 39.1 Å². The Labute approximate surface area is 94.5 Å². The van der Waals surface area contributed by atoms with Crippen LogP contribution in [0.4, 0.5) is 0 Å². The van der Waals surface area contributed by atoms with Gasteiger partial charge in [0, 0.05) is 12.1 Å². The molecule has 0 aromatic rings. The standard InChI is InChI=1S/C12H25N3/c1-7-11(3,4)15(6)10-12(5,9-13)14-8-2/h14H,7-8,10H2,1-6H3. The second kappa shape index (κ2) is 5.48. The van der Waals surface area contributed by atoms with Gasteiger partial charge in [-0.25, -0.2) is 0 Å². The van der Waals surface area contributed by atoms with E-state index >= 15 is 0 Å². The van der Waals surface area contributed by atoms with Gasteiger partial charge in [-0.2, -0.15) is 5.26 Å². The van der Waals surface area contributed by atoms with Crippen molar-refractivity contribution in [3.8, 4) is 6.07 Å². The fourth-order valence-electron chi connectivity index (χ4n) is 1.48. The van der Waals surface area contributed by atoms with Gasteiger partial charge in [0.2, 0.25) is 0 Å². The number of hydrogen-bond acceptors (Lipinski definition) is 3. The van der Waals surface area contributed by atoms with Crippen LogP contribution in [-0.2, 0) is 0 Å². The van der Waals surface area contributed by atoms with E-state index in [0.29, 0.717) is 0 Å². The maximum absolute atomic E-state index is 9.16. The summed E-state index contributed by atoms with van der Waals surface area (Å²) in [7, 11) is 2.08. The molecule has 0 rings (SSSR count). The van der Waals surface area contributed by atoms with Crippen LogP contribution >= 0.6 is 0 Å². The molecule has 88 valence electrons. The Hall–Kier alpha value is -0.590. The first kappa shape index (κ1) is 14.4. The summed E-state index contributed by atoms with van der Waals surface area (Å²) < 4.78 is 0. The molecule has 0 aliphatic heterocycles. The molecule has 1 unspecified atom stereocenters. The predicted molar refractivity (Wildman–Crippen MR) is 64.7 cm³/mol. The Bertz CT molecular complexity index is 230. The summed E-state index contributed by atoms with van der Waals surface area (Å²) >= 11 is 0. The monoisotopic (exact) mass is 211 g/mol. The molecule has 0 saturated heterocycles. The normalized spacial score (nSPS) is 16.1. The number of nitriles is 1. The Morgan fingerprint density at radius 2 is 1.80 bits per heavy atom. The molecule has 0 aliphatic rings. The van der Waals surface area contributed by atoms with Gasteiger partial charge in [0.1, 0.15) is 5.54 Å². The minimum atomic E-state index is -0.448. The first-order chi connectivity index (χ1) is 6.81. The molecule has 0 heterocycles. The number of likely N-dealkylation sites (N-methyl/N-ethyl adjacent to an activating group) is 2. The second-order valence-electron chi connectivity index (χ2n) is 5.00. The molecule has 0 radical (unpaired) electrons. The van der Waals surface area contributed by atoms with Crippen molar-refractivity contribution in [2.45, 2.75) is 52.1 Å². The van der Waals surface area contributed by atoms with E-state index in [9.17, 15) is 0 Å². The largest absolute Gasteiger partial charge is 0.299 e. The smallest absolute Gasteiger partial charge is 0.116 e. The molecular formula is C12H25N3. The number of rotatable bonds is 6. The van der Waals surface area contributed by atoms with Crippen molar-refractivity contribution in [2.24, 2.45) is 0 Å². The molecule has 0 amide bonds. The fraction of sp³-hybridized carbons (Fsp3) is 0.917. The van der Waals surface area contributed by atoms with Crippen LogP contribution in [-0.4, -0.2) is 36.1 Å². The van der Waals surface area contributed by atoms with Crippen LogP contribution in [0.25, 0.3) is 0 Å². The highest BCUT2D eigenvalue weighted by Crippen LogP contribution is 2.18. The lowest BCUT2D eigenvalue weighted by atomic mass is 9.96. The predicted octanol–water partition coefficient (Wildman–Crippen LogP) is 2.00. The van der Waals surface area contributed by atoms with Crippen LogP contribution in [0, 0.1) is 11.3 Å². The van der Waals surface area contributed by atoms with Crippen LogP contribution in [0.5, 0.6) is 0 Å². The lowest BCUT2D eigenvalue weighted by Gasteiger charge is -2.39. The maximum Gasteiger partial charge on any atom is 0.116 e. The quantitative estimate of drug-likeness (QED) is 0.730. The summed E-state index contributed by atoms with van der Waals surface area (Å²) in [6.07, 6.45) is 1.08. The van der Waals surface area contributed by atoms with Gasteiger partial charge in [0.05, 0.1) is 6.07 Å². The molecule has 0 aromatic heterocycles. The van der Waals surface area contributed by atoms with Crippen LogP contribution in [0.15, 0.2) is 0 Å². The van der Waals surface area contributed by atoms with E-state index in [2.05, 4.69) is 44.1 Å². The summed E-state index contributed by atoms with van der Waals surface area (Å²) in [6, 6.07) is 2.35. The van der Waals surface area contributed by atoms with Gasteiger partial charge in [-0.15, -0.1) is 0 Å². The molecular weight excluding hydrogens is 186 g/mol. The first-order valence-electron chi connectivity index (χ1n) is 5.69. The minimum absolute atomic E-state index is 0.146. The second-order valence-corrected chi connectivity index (χ2v) is 5.00. The van der Waals surface area contributed by atoms with Crippen molar-refractivity contribution in [1.29, 1.82) is 5.26 Å². The van der Waals surface area contributed by atoms with Gasteiger partial charge in [0.15, 0.2) is 0 Å².